The van der Waals surface area contributed by atoms with Crippen LogP contribution in [0, 0.1) is 5.41 Å². The van der Waals surface area contributed by atoms with Gasteiger partial charge in [-0.05, 0) is 44.7 Å². The minimum Gasteiger partial charge on any atom is -0.466 e. The maximum absolute atomic E-state index is 12.7. The number of carbonyl (C=O) groups is 3. The first-order chi connectivity index (χ1) is 13.4. The molecule has 0 aromatic heterocycles. The summed E-state index contributed by atoms with van der Waals surface area (Å²) in [6, 6.07) is 7.30. The van der Waals surface area contributed by atoms with Gasteiger partial charge >= 0.3 is 17.9 Å². The van der Waals surface area contributed by atoms with Gasteiger partial charge in [-0.15, -0.1) is 12.4 Å². The number of ether oxygens (including phenoxy) is 3. The normalized spacial score (nSPS) is 10.9. The van der Waals surface area contributed by atoms with Crippen LogP contribution in [-0.2, 0) is 35.0 Å². The predicted molar refractivity (Wildman–Crippen MR) is 111 cm³/mol. The van der Waals surface area contributed by atoms with Crippen molar-refractivity contribution in [2.45, 2.75) is 40.0 Å². The molecule has 0 heterocycles. The van der Waals surface area contributed by atoms with Crippen LogP contribution >= 0.6 is 12.4 Å². The number of esters is 3. The number of carbonyl (C=O) groups excluding carboxylic acids is 3. The van der Waals surface area contributed by atoms with Crippen molar-refractivity contribution in [2.75, 3.05) is 19.8 Å². The van der Waals surface area contributed by atoms with Crippen molar-refractivity contribution < 1.29 is 28.6 Å². The molecule has 1 aromatic rings. The maximum atomic E-state index is 12.7. The lowest BCUT2D eigenvalue weighted by molar-refractivity contribution is -0.177. The summed E-state index contributed by atoms with van der Waals surface area (Å²) in [4.78, 5) is 37.6. The van der Waals surface area contributed by atoms with E-state index in [4.69, 9.17) is 20.1 Å². The first kappa shape index (κ1) is 26.4. The molecule has 0 spiro atoms. The fourth-order valence-corrected chi connectivity index (χ4v) is 2.73. The fourth-order valence-electron chi connectivity index (χ4n) is 2.73. The van der Waals surface area contributed by atoms with Gasteiger partial charge < -0.3 is 20.1 Å². The van der Waals surface area contributed by atoms with Crippen LogP contribution in [0.5, 0.6) is 0 Å². The number of hydrogen-bond acceptors (Lipinski definition) is 8. The standard InChI is InChI=1S/C20H28N2O6.ClH/c1-4-26-17(23)13-20(18(24)27-5-2,19(25)28-6-3)12-11-15-7-9-16(10-8-15)14-22-21;/h7-10,14H,4-6,11-13,21H2,1-3H3;1H. The van der Waals surface area contributed by atoms with Crippen LogP contribution in [0.3, 0.4) is 0 Å². The Hall–Kier alpha value is -2.61. The molecule has 1 rings (SSSR count). The third kappa shape index (κ3) is 7.73. The quantitative estimate of drug-likeness (QED) is 0.143. The molecule has 9 heteroatoms. The molecule has 0 bridgehead atoms. The van der Waals surface area contributed by atoms with E-state index in [2.05, 4.69) is 5.10 Å². The zero-order valence-corrected chi connectivity index (χ0v) is 17.8. The predicted octanol–water partition coefficient (Wildman–Crippen LogP) is 2.40. The number of hydrogen-bond donors (Lipinski definition) is 1. The van der Waals surface area contributed by atoms with E-state index >= 15 is 0 Å². The van der Waals surface area contributed by atoms with Crippen LogP contribution in [0.2, 0.25) is 0 Å². The molecule has 162 valence electrons. The van der Waals surface area contributed by atoms with E-state index < -0.39 is 29.7 Å². The zero-order valence-electron chi connectivity index (χ0n) is 17.0. The molecule has 0 radical (unpaired) electrons. The van der Waals surface area contributed by atoms with Gasteiger partial charge in [-0.3, -0.25) is 14.4 Å². The third-order valence-electron chi connectivity index (χ3n) is 4.13. The van der Waals surface area contributed by atoms with Crippen LogP contribution in [0.15, 0.2) is 29.4 Å². The number of rotatable bonds is 11. The Morgan fingerprint density at radius 2 is 1.48 bits per heavy atom. The molecule has 0 aliphatic carbocycles. The highest BCUT2D eigenvalue weighted by atomic mass is 35.5. The first-order valence-corrected chi connectivity index (χ1v) is 9.25. The summed E-state index contributed by atoms with van der Waals surface area (Å²) in [5.41, 5.74) is -0.0637. The Balaban J connectivity index is 0.00000784. The summed E-state index contributed by atoms with van der Waals surface area (Å²) in [7, 11) is 0. The first-order valence-electron chi connectivity index (χ1n) is 9.25. The molecule has 0 amide bonds. The van der Waals surface area contributed by atoms with Crippen molar-refractivity contribution in [1.29, 1.82) is 0 Å². The van der Waals surface area contributed by atoms with E-state index in [1.807, 2.05) is 24.3 Å². The molecular weight excluding hydrogens is 400 g/mol. The van der Waals surface area contributed by atoms with E-state index in [1.165, 1.54) is 6.21 Å². The van der Waals surface area contributed by atoms with E-state index in [-0.39, 0.29) is 38.6 Å². The number of halogens is 1. The summed E-state index contributed by atoms with van der Waals surface area (Å²) in [5, 5.41) is 3.46. The summed E-state index contributed by atoms with van der Waals surface area (Å²) < 4.78 is 15.2. The third-order valence-corrected chi connectivity index (χ3v) is 4.13. The Morgan fingerprint density at radius 3 is 1.93 bits per heavy atom. The second-order valence-electron chi connectivity index (χ2n) is 6.02. The Kier molecular flexibility index (Phi) is 12.3. The van der Waals surface area contributed by atoms with Crippen molar-refractivity contribution >= 4 is 36.5 Å². The number of nitrogens with two attached hydrogens (primary N) is 1. The van der Waals surface area contributed by atoms with Gasteiger partial charge in [0, 0.05) is 0 Å². The smallest absolute Gasteiger partial charge is 0.324 e. The number of aryl methyl sites for hydroxylation is 1. The lowest BCUT2D eigenvalue weighted by atomic mass is 9.78. The number of nitrogens with zero attached hydrogens (tertiary/aromatic N) is 1. The van der Waals surface area contributed by atoms with Gasteiger partial charge in [-0.25, -0.2) is 0 Å². The van der Waals surface area contributed by atoms with E-state index in [0.717, 1.165) is 11.1 Å². The zero-order chi connectivity index (χ0) is 21.0. The van der Waals surface area contributed by atoms with Gasteiger partial charge in [0.2, 0.25) is 0 Å². The van der Waals surface area contributed by atoms with Crippen LogP contribution in [0.25, 0.3) is 0 Å². The molecule has 0 saturated heterocycles. The topological polar surface area (TPSA) is 117 Å². The summed E-state index contributed by atoms with van der Waals surface area (Å²) in [6.07, 6.45) is 1.48. The van der Waals surface area contributed by atoms with E-state index in [9.17, 15) is 14.4 Å². The summed E-state index contributed by atoms with van der Waals surface area (Å²) >= 11 is 0. The monoisotopic (exact) mass is 428 g/mol. The average Bonchev–Trinajstić information content (AvgIpc) is 2.67. The van der Waals surface area contributed by atoms with Crippen molar-refractivity contribution in [2.24, 2.45) is 16.4 Å². The minimum absolute atomic E-state index is 0. The molecule has 29 heavy (non-hydrogen) atoms. The SMILES string of the molecule is CCOC(=O)CC(CCc1ccc(C=NN)cc1)(C(=O)OCC)C(=O)OCC.Cl. The number of benzene rings is 1. The van der Waals surface area contributed by atoms with Gasteiger partial charge in [0.1, 0.15) is 0 Å². The van der Waals surface area contributed by atoms with Gasteiger partial charge in [0.05, 0.1) is 32.5 Å². The minimum atomic E-state index is -1.75. The summed E-state index contributed by atoms with van der Waals surface area (Å²) in [6.45, 7) is 5.23. The molecule has 0 aliphatic rings. The van der Waals surface area contributed by atoms with Crippen molar-refractivity contribution in [1.82, 2.24) is 0 Å². The molecule has 2 N–H and O–H groups in total. The molecule has 1 aromatic carbocycles. The van der Waals surface area contributed by atoms with Gasteiger partial charge in [0.15, 0.2) is 5.41 Å². The molecular formula is C20H29ClN2O6. The Morgan fingerprint density at radius 1 is 0.966 bits per heavy atom. The van der Waals surface area contributed by atoms with Crippen molar-refractivity contribution in [3.8, 4) is 0 Å². The molecule has 0 fully saturated rings. The molecule has 8 nitrogen and oxygen atoms in total. The maximum Gasteiger partial charge on any atom is 0.324 e. The largest absolute Gasteiger partial charge is 0.466 e. The highest BCUT2D eigenvalue weighted by Gasteiger charge is 2.50. The number of hydrazone groups is 1. The molecule has 0 unspecified atom stereocenters. The van der Waals surface area contributed by atoms with Gasteiger partial charge in [-0.2, -0.15) is 5.10 Å². The second kappa shape index (κ2) is 13.5. The highest BCUT2D eigenvalue weighted by molar-refractivity contribution is 6.03. The van der Waals surface area contributed by atoms with Gasteiger partial charge in [0.25, 0.3) is 0 Å². The highest BCUT2D eigenvalue weighted by Crippen LogP contribution is 2.33. The fraction of sp³-hybridized carbons (Fsp3) is 0.500. The lowest BCUT2D eigenvalue weighted by Gasteiger charge is -2.28. The average molecular weight is 429 g/mol. The lowest BCUT2D eigenvalue weighted by Crippen LogP contribution is -2.44. The van der Waals surface area contributed by atoms with E-state index in [1.54, 1.807) is 20.8 Å². The van der Waals surface area contributed by atoms with Crippen molar-refractivity contribution in [3.63, 3.8) is 0 Å². The molecule has 0 saturated carbocycles. The van der Waals surface area contributed by atoms with Crippen LogP contribution < -0.4 is 5.84 Å². The molecule has 0 aliphatic heterocycles. The van der Waals surface area contributed by atoms with Crippen LogP contribution in [0.4, 0.5) is 0 Å². The van der Waals surface area contributed by atoms with Gasteiger partial charge in [-0.1, -0.05) is 24.3 Å². The van der Waals surface area contributed by atoms with Crippen LogP contribution in [-0.4, -0.2) is 43.9 Å². The molecule has 0 atom stereocenters. The van der Waals surface area contributed by atoms with E-state index in [0.29, 0.717) is 6.42 Å². The Labute approximate surface area is 177 Å². The van der Waals surface area contributed by atoms with Crippen LogP contribution in [0.1, 0.15) is 44.7 Å². The summed E-state index contributed by atoms with van der Waals surface area (Å²) in [5.74, 6) is 2.91. The Bertz CT molecular complexity index is 673. The second-order valence-corrected chi connectivity index (χ2v) is 6.02. The van der Waals surface area contributed by atoms with Crippen molar-refractivity contribution in [3.05, 3.63) is 35.4 Å².